The van der Waals surface area contributed by atoms with E-state index in [1.807, 2.05) is 60.7 Å². The average Bonchev–Trinajstić information content (AvgIpc) is 3.36. The van der Waals surface area contributed by atoms with Crippen LogP contribution in [0.2, 0.25) is 0 Å². The van der Waals surface area contributed by atoms with Crippen molar-refractivity contribution in [2.75, 3.05) is 6.54 Å². The molecular formula is C28H35N3O5S. The van der Waals surface area contributed by atoms with Gasteiger partial charge in [-0.3, -0.25) is 4.98 Å². The summed E-state index contributed by atoms with van der Waals surface area (Å²) in [7, 11) is 0. The first-order chi connectivity index (χ1) is 17.7. The molecule has 1 aromatic heterocycles. The van der Waals surface area contributed by atoms with Crippen molar-refractivity contribution in [1.29, 1.82) is 0 Å². The summed E-state index contributed by atoms with van der Waals surface area (Å²) < 4.78 is 10.9. The molecule has 2 atom stereocenters. The topological polar surface area (TPSA) is 101 Å². The molecule has 9 heteroatoms. The third-order valence-electron chi connectivity index (χ3n) is 5.33. The molecule has 0 saturated heterocycles. The molecular weight excluding hydrogens is 490 g/mol. The van der Waals surface area contributed by atoms with Gasteiger partial charge in [0, 0.05) is 18.8 Å². The molecule has 2 aromatic carbocycles. The zero-order valence-corrected chi connectivity index (χ0v) is 22.3. The molecule has 0 aliphatic carbocycles. The highest BCUT2D eigenvalue weighted by molar-refractivity contribution is 7.09. The Morgan fingerprint density at radius 3 is 2.30 bits per heavy atom. The summed E-state index contributed by atoms with van der Waals surface area (Å²) in [6, 6.07) is 18.8. The summed E-state index contributed by atoms with van der Waals surface area (Å²) in [6.07, 6.45) is 0.392. The first-order valence-electron chi connectivity index (χ1n) is 12.2. The van der Waals surface area contributed by atoms with Crippen molar-refractivity contribution in [3.63, 3.8) is 0 Å². The Balaban J connectivity index is 1.68. The van der Waals surface area contributed by atoms with Crippen LogP contribution in [0.1, 0.15) is 43.2 Å². The van der Waals surface area contributed by atoms with E-state index in [4.69, 9.17) is 9.47 Å². The lowest BCUT2D eigenvalue weighted by Gasteiger charge is -2.28. The lowest BCUT2D eigenvalue weighted by atomic mass is 10.0. The van der Waals surface area contributed by atoms with E-state index in [0.717, 1.165) is 16.0 Å². The third kappa shape index (κ3) is 10.6. The lowest BCUT2D eigenvalue weighted by molar-refractivity contribution is 0.0440. The standard InChI is InChI=1S/C28H35N3O5S/c1-28(2,3)36-26(33)30-23(14-21-10-6-4-7-11-21)15-24(32)18-31(17-22-12-8-5-9-13-22)27(34)35-19-25-16-29-20-37-25/h4-13,16,20,23-24,32H,14-15,17-19H2,1-3H3,(H,30,33)/t23-,24?/m0/s1. The Hall–Kier alpha value is -3.43. The number of rotatable bonds is 11. The van der Waals surface area contributed by atoms with E-state index in [1.165, 1.54) is 16.2 Å². The van der Waals surface area contributed by atoms with Crippen LogP contribution in [0.15, 0.2) is 72.4 Å². The van der Waals surface area contributed by atoms with Gasteiger partial charge in [-0.15, -0.1) is 11.3 Å². The van der Waals surface area contributed by atoms with Gasteiger partial charge in [-0.25, -0.2) is 9.59 Å². The quantitative estimate of drug-likeness (QED) is 0.358. The fraction of sp³-hybridized carbons (Fsp3) is 0.393. The van der Waals surface area contributed by atoms with Gasteiger partial charge >= 0.3 is 12.2 Å². The number of hydrogen-bond donors (Lipinski definition) is 2. The number of nitrogens with zero attached hydrogens (tertiary/aromatic N) is 2. The minimum Gasteiger partial charge on any atom is -0.444 e. The van der Waals surface area contributed by atoms with Gasteiger partial charge in [-0.2, -0.15) is 0 Å². The van der Waals surface area contributed by atoms with E-state index in [9.17, 15) is 14.7 Å². The molecule has 2 N–H and O–H groups in total. The smallest absolute Gasteiger partial charge is 0.410 e. The first kappa shape index (κ1) is 28.1. The van der Waals surface area contributed by atoms with Crippen LogP contribution in [0.4, 0.5) is 9.59 Å². The Morgan fingerprint density at radius 1 is 1.05 bits per heavy atom. The van der Waals surface area contributed by atoms with Crippen LogP contribution in [0.5, 0.6) is 0 Å². The number of nitrogens with one attached hydrogen (secondary N) is 1. The molecule has 8 nitrogen and oxygen atoms in total. The van der Waals surface area contributed by atoms with Gasteiger partial charge in [0.15, 0.2) is 0 Å². The van der Waals surface area contributed by atoms with Crippen molar-refractivity contribution in [3.05, 3.63) is 88.4 Å². The Kier molecular flexibility index (Phi) is 10.5. The van der Waals surface area contributed by atoms with Gasteiger partial charge in [0.25, 0.3) is 0 Å². The summed E-state index contributed by atoms with van der Waals surface area (Å²) in [6.45, 7) is 5.83. The van der Waals surface area contributed by atoms with E-state index in [1.54, 1.807) is 32.5 Å². The SMILES string of the molecule is CC(C)(C)OC(=O)N[C@@H](Cc1ccccc1)CC(O)CN(Cc1ccccc1)C(=O)OCc1cncs1. The van der Waals surface area contributed by atoms with Crippen molar-refractivity contribution >= 4 is 23.5 Å². The Bertz CT molecular complexity index is 1090. The van der Waals surface area contributed by atoms with Crippen molar-refractivity contribution in [3.8, 4) is 0 Å². The minimum atomic E-state index is -0.914. The lowest BCUT2D eigenvalue weighted by Crippen LogP contribution is -2.44. The van der Waals surface area contributed by atoms with Gasteiger partial charge in [-0.1, -0.05) is 60.7 Å². The highest BCUT2D eigenvalue weighted by Crippen LogP contribution is 2.15. The molecule has 1 heterocycles. The second-order valence-electron chi connectivity index (χ2n) is 9.81. The predicted molar refractivity (Wildman–Crippen MR) is 143 cm³/mol. The van der Waals surface area contributed by atoms with Crippen LogP contribution >= 0.6 is 11.3 Å². The molecule has 0 bridgehead atoms. The number of aromatic nitrogens is 1. The number of carbonyl (C=O) groups excluding carboxylic acids is 2. The molecule has 0 spiro atoms. The highest BCUT2D eigenvalue weighted by Gasteiger charge is 2.25. The fourth-order valence-electron chi connectivity index (χ4n) is 3.77. The molecule has 1 unspecified atom stereocenters. The molecule has 0 saturated carbocycles. The summed E-state index contributed by atoms with van der Waals surface area (Å²) in [5.74, 6) is 0. The second kappa shape index (κ2) is 13.8. The maximum atomic E-state index is 13.0. The van der Waals surface area contributed by atoms with Crippen LogP contribution in [0.3, 0.4) is 0 Å². The molecule has 3 rings (SSSR count). The van der Waals surface area contributed by atoms with E-state index in [-0.39, 0.29) is 26.1 Å². The average molecular weight is 526 g/mol. The van der Waals surface area contributed by atoms with Crippen LogP contribution in [-0.2, 0) is 29.0 Å². The van der Waals surface area contributed by atoms with Crippen molar-refractivity contribution in [1.82, 2.24) is 15.2 Å². The molecule has 0 aliphatic rings. The van der Waals surface area contributed by atoms with Crippen LogP contribution < -0.4 is 5.32 Å². The van der Waals surface area contributed by atoms with E-state index in [2.05, 4.69) is 10.3 Å². The first-order valence-corrected chi connectivity index (χ1v) is 13.1. The molecule has 0 fully saturated rings. The number of amides is 2. The number of hydrogen-bond acceptors (Lipinski definition) is 7. The van der Waals surface area contributed by atoms with E-state index >= 15 is 0 Å². The van der Waals surface area contributed by atoms with Gasteiger partial charge in [0.2, 0.25) is 0 Å². The summed E-state index contributed by atoms with van der Waals surface area (Å²) >= 11 is 1.40. The highest BCUT2D eigenvalue weighted by atomic mass is 32.1. The molecule has 0 radical (unpaired) electrons. The van der Waals surface area contributed by atoms with Crippen LogP contribution in [0.25, 0.3) is 0 Å². The van der Waals surface area contributed by atoms with E-state index < -0.39 is 29.9 Å². The van der Waals surface area contributed by atoms with Gasteiger partial charge in [0.05, 0.1) is 23.0 Å². The van der Waals surface area contributed by atoms with E-state index in [0.29, 0.717) is 6.42 Å². The maximum Gasteiger partial charge on any atom is 0.410 e. The summed E-state index contributed by atoms with van der Waals surface area (Å²) in [5, 5.41) is 13.9. The normalized spacial score (nSPS) is 12.9. The maximum absolute atomic E-state index is 13.0. The fourth-order valence-corrected chi connectivity index (χ4v) is 4.27. The number of thiazole rings is 1. The van der Waals surface area contributed by atoms with Gasteiger partial charge in [-0.05, 0) is 44.7 Å². The largest absolute Gasteiger partial charge is 0.444 e. The number of ether oxygens (including phenoxy) is 2. The monoisotopic (exact) mass is 525 g/mol. The number of carbonyl (C=O) groups is 2. The Labute approximate surface area is 222 Å². The summed E-state index contributed by atoms with van der Waals surface area (Å²) in [5.41, 5.74) is 2.96. The van der Waals surface area contributed by atoms with Gasteiger partial charge < -0.3 is 24.8 Å². The minimum absolute atomic E-state index is 0.0394. The van der Waals surface area contributed by atoms with Crippen LogP contribution in [0, 0.1) is 0 Å². The van der Waals surface area contributed by atoms with Crippen LogP contribution in [-0.4, -0.2) is 51.5 Å². The zero-order valence-electron chi connectivity index (χ0n) is 21.5. The molecule has 0 aliphatic heterocycles. The number of benzene rings is 2. The van der Waals surface area contributed by atoms with Crippen molar-refractivity contribution in [2.45, 2.75) is 64.5 Å². The van der Waals surface area contributed by atoms with Gasteiger partial charge in [0.1, 0.15) is 12.2 Å². The zero-order chi connectivity index (χ0) is 26.7. The summed E-state index contributed by atoms with van der Waals surface area (Å²) in [4.78, 5) is 31.8. The molecule has 37 heavy (non-hydrogen) atoms. The number of aliphatic hydroxyl groups excluding tert-OH is 1. The molecule has 198 valence electrons. The number of alkyl carbamates (subject to hydrolysis) is 1. The third-order valence-corrected chi connectivity index (χ3v) is 6.08. The molecule has 2 amide bonds. The Morgan fingerprint density at radius 2 is 1.70 bits per heavy atom. The van der Waals surface area contributed by atoms with Crippen molar-refractivity contribution in [2.24, 2.45) is 0 Å². The second-order valence-corrected chi connectivity index (χ2v) is 10.8. The predicted octanol–water partition coefficient (Wildman–Crippen LogP) is 5.17. The van der Waals surface area contributed by atoms with Crippen molar-refractivity contribution < 1.29 is 24.2 Å². The number of aliphatic hydroxyl groups is 1. The molecule has 3 aromatic rings.